The first-order valence-corrected chi connectivity index (χ1v) is 6.99. The van der Waals surface area contributed by atoms with Crippen LogP contribution in [0.25, 0.3) is 0 Å². The molecule has 5 nitrogen and oxygen atoms in total. The molecule has 0 aliphatic carbocycles. The van der Waals surface area contributed by atoms with Gasteiger partial charge in [-0.25, -0.2) is 0 Å². The fraction of sp³-hybridized carbons (Fsp3) is 0.462. The Morgan fingerprint density at radius 2 is 2.11 bits per heavy atom. The Kier molecular flexibility index (Phi) is 5.04. The van der Waals surface area contributed by atoms with Gasteiger partial charge in [-0.3, -0.25) is 4.79 Å². The molecule has 1 amide bonds. The molecule has 0 unspecified atom stereocenters. The molecule has 1 aromatic carbocycles. The number of nitrogens with one attached hydrogen (secondary N) is 2. The summed E-state index contributed by atoms with van der Waals surface area (Å²) >= 11 is 3.48. The minimum atomic E-state index is -0.0103. The fourth-order valence-electron chi connectivity index (χ4n) is 1.83. The van der Waals surface area contributed by atoms with Crippen molar-refractivity contribution < 1.29 is 14.3 Å². The Morgan fingerprint density at radius 1 is 1.32 bits per heavy atom. The van der Waals surface area contributed by atoms with Crippen LogP contribution in [0.15, 0.2) is 16.6 Å². The predicted molar refractivity (Wildman–Crippen MR) is 75.5 cm³/mol. The van der Waals surface area contributed by atoms with Crippen molar-refractivity contribution in [3.63, 3.8) is 0 Å². The highest BCUT2D eigenvalue weighted by atomic mass is 79.9. The number of rotatable bonds is 5. The second-order valence-electron chi connectivity index (χ2n) is 4.26. The number of benzene rings is 1. The minimum Gasteiger partial charge on any atom is -0.486 e. The van der Waals surface area contributed by atoms with Crippen LogP contribution in [-0.2, 0) is 11.3 Å². The Balaban J connectivity index is 1.87. The number of hydrogen-bond acceptors (Lipinski definition) is 4. The van der Waals surface area contributed by atoms with Crippen LogP contribution in [0, 0.1) is 0 Å². The van der Waals surface area contributed by atoms with Crippen LogP contribution in [0.3, 0.4) is 0 Å². The van der Waals surface area contributed by atoms with E-state index < -0.39 is 0 Å². The van der Waals surface area contributed by atoms with Crippen LogP contribution in [0.5, 0.6) is 11.5 Å². The predicted octanol–water partition coefficient (Wildman–Crippen LogP) is 1.45. The number of hydrogen-bond donors (Lipinski definition) is 2. The van der Waals surface area contributed by atoms with Gasteiger partial charge in [0.25, 0.3) is 0 Å². The molecule has 0 spiro atoms. The van der Waals surface area contributed by atoms with Crippen molar-refractivity contribution in [2.45, 2.75) is 13.5 Å². The zero-order chi connectivity index (χ0) is 13.7. The van der Waals surface area contributed by atoms with Crippen molar-refractivity contribution in [3.8, 4) is 11.5 Å². The lowest BCUT2D eigenvalue weighted by atomic mass is 10.2. The quantitative estimate of drug-likeness (QED) is 0.803. The highest BCUT2D eigenvalue weighted by Gasteiger charge is 2.15. The summed E-state index contributed by atoms with van der Waals surface area (Å²) in [6, 6.07) is 3.99. The first-order chi connectivity index (χ1) is 9.16. The van der Waals surface area contributed by atoms with Gasteiger partial charge in [0.1, 0.15) is 13.2 Å². The third-order valence-corrected chi connectivity index (χ3v) is 3.25. The van der Waals surface area contributed by atoms with Crippen molar-refractivity contribution in [1.82, 2.24) is 10.6 Å². The molecule has 0 atom stereocenters. The van der Waals surface area contributed by atoms with E-state index in [2.05, 4.69) is 26.6 Å². The number of carbonyl (C=O) groups excluding carboxylic acids is 1. The first-order valence-electron chi connectivity index (χ1n) is 6.20. The number of carbonyl (C=O) groups is 1. The van der Waals surface area contributed by atoms with E-state index in [1.54, 1.807) is 0 Å². The standard InChI is InChI=1S/C13H17BrN2O3/c1-9(17)16-3-2-15-8-10-6-11(14)13-12(7-10)18-4-5-19-13/h6-7,15H,2-5,8H2,1H3,(H,16,17). The van der Waals surface area contributed by atoms with Gasteiger partial charge in [-0.1, -0.05) is 0 Å². The number of fused-ring (bicyclic) bond motifs is 1. The van der Waals surface area contributed by atoms with E-state index in [0.29, 0.717) is 19.8 Å². The molecule has 0 aromatic heterocycles. The lowest BCUT2D eigenvalue weighted by Gasteiger charge is -2.20. The van der Waals surface area contributed by atoms with Crippen molar-refractivity contribution in [2.75, 3.05) is 26.3 Å². The maximum absolute atomic E-state index is 10.7. The van der Waals surface area contributed by atoms with Crippen LogP contribution in [0.4, 0.5) is 0 Å². The van der Waals surface area contributed by atoms with E-state index in [1.807, 2.05) is 12.1 Å². The molecular weight excluding hydrogens is 312 g/mol. The third-order valence-electron chi connectivity index (χ3n) is 2.66. The van der Waals surface area contributed by atoms with E-state index in [-0.39, 0.29) is 5.91 Å². The molecule has 2 N–H and O–H groups in total. The van der Waals surface area contributed by atoms with Gasteiger partial charge in [0.15, 0.2) is 11.5 Å². The normalized spacial score (nSPS) is 13.2. The van der Waals surface area contributed by atoms with Gasteiger partial charge in [0, 0.05) is 26.6 Å². The third kappa shape index (κ3) is 4.11. The molecule has 0 fully saturated rings. The zero-order valence-corrected chi connectivity index (χ0v) is 12.4. The maximum atomic E-state index is 10.7. The molecule has 104 valence electrons. The van der Waals surface area contributed by atoms with Gasteiger partial charge < -0.3 is 20.1 Å². The summed E-state index contributed by atoms with van der Waals surface area (Å²) in [5.74, 6) is 1.54. The second kappa shape index (κ2) is 6.77. The second-order valence-corrected chi connectivity index (χ2v) is 5.12. The Morgan fingerprint density at radius 3 is 2.89 bits per heavy atom. The lowest BCUT2D eigenvalue weighted by Crippen LogP contribution is -2.29. The van der Waals surface area contributed by atoms with E-state index in [0.717, 1.165) is 34.6 Å². The monoisotopic (exact) mass is 328 g/mol. The SMILES string of the molecule is CC(=O)NCCNCc1cc(Br)c2c(c1)OCCO2. The van der Waals surface area contributed by atoms with Crippen molar-refractivity contribution >= 4 is 21.8 Å². The number of halogens is 1. The van der Waals surface area contributed by atoms with Gasteiger partial charge in [-0.15, -0.1) is 0 Å². The fourth-order valence-corrected chi connectivity index (χ4v) is 2.43. The van der Waals surface area contributed by atoms with Crippen LogP contribution in [-0.4, -0.2) is 32.2 Å². The molecule has 6 heteroatoms. The average Bonchev–Trinajstić information content (AvgIpc) is 2.38. The minimum absolute atomic E-state index is 0.0103. The van der Waals surface area contributed by atoms with E-state index in [9.17, 15) is 4.79 Å². The van der Waals surface area contributed by atoms with Crippen LogP contribution < -0.4 is 20.1 Å². The summed E-state index contributed by atoms with van der Waals surface area (Å²) in [6.07, 6.45) is 0. The molecule has 1 aromatic rings. The van der Waals surface area contributed by atoms with Crippen molar-refractivity contribution in [1.29, 1.82) is 0 Å². The van der Waals surface area contributed by atoms with Gasteiger partial charge in [-0.05, 0) is 33.6 Å². The Labute approximate surface area is 120 Å². The van der Waals surface area contributed by atoms with Crippen LogP contribution in [0.1, 0.15) is 12.5 Å². The molecule has 0 saturated heterocycles. The van der Waals surface area contributed by atoms with Gasteiger partial charge in [-0.2, -0.15) is 0 Å². The van der Waals surface area contributed by atoms with Crippen LogP contribution >= 0.6 is 15.9 Å². The summed E-state index contributed by atoms with van der Waals surface area (Å²) in [7, 11) is 0. The molecule has 0 bridgehead atoms. The molecule has 1 heterocycles. The summed E-state index contributed by atoms with van der Waals surface area (Å²) in [4.78, 5) is 10.7. The van der Waals surface area contributed by atoms with E-state index in [4.69, 9.17) is 9.47 Å². The Hall–Kier alpha value is -1.27. The summed E-state index contributed by atoms with van der Waals surface area (Å²) in [5.41, 5.74) is 1.11. The first kappa shape index (κ1) is 14.1. The lowest BCUT2D eigenvalue weighted by molar-refractivity contribution is -0.118. The topological polar surface area (TPSA) is 59.6 Å². The summed E-state index contributed by atoms with van der Waals surface area (Å²) in [6.45, 7) is 4.75. The van der Waals surface area contributed by atoms with Crippen molar-refractivity contribution in [3.05, 3.63) is 22.2 Å². The van der Waals surface area contributed by atoms with Crippen LogP contribution in [0.2, 0.25) is 0 Å². The van der Waals surface area contributed by atoms with E-state index >= 15 is 0 Å². The van der Waals surface area contributed by atoms with Gasteiger partial charge in [0.2, 0.25) is 5.91 Å². The molecule has 0 saturated carbocycles. The van der Waals surface area contributed by atoms with Gasteiger partial charge in [0.05, 0.1) is 4.47 Å². The average molecular weight is 329 g/mol. The van der Waals surface area contributed by atoms with Gasteiger partial charge >= 0.3 is 0 Å². The number of amides is 1. The largest absolute Gasteiger partial charge is 0.486 e. The zero-order valence-electron chi connectivity index (χ0n) is 10.8. The number of ether oxygens (including phenoxy) is 2. The molecule has 2 rings (SSSR count). The molecular formula is C13H17BrN2O3. The van der Waals surface area contributed by atoms with Crippen molar-refractivity contribution in [2.24, 2.45) is 0 Å². The molecule has 1 aliphatic heterocycles. The highest BCUT2D eigenvalue weighted by Crippen LogP contribution is 2.38. The molecule has 0 radical (unpaired) electrons. The summed E-state index contributed by atoms with van der Waals surface area (Å²) in [5, 5.41) is 6.00. The Bertz CT molecular complexity index is 465. The molecule has 19 heavy (non-hydrogen) atoms. The summed E-state index contributed by atoms with van der Waals surface area (Å²) < 4.78 is 12.0. The highest BCUT2D eigenvalue weighted by molar-refractivity contribution is 9.10. The maximum Gasteiger partial charge on any atom is 0.216 e. The van der Waals surface area contributed by atoms with E-state index in [1.165, 1.54) is 6.92 Å². The smallest absolute Gasteiger partial charge is 0.216 e. The molecule has 1 aliphatic rings.